The summed E-state index contributed by atoms with van der Waals surface area (Å²) in [5.41, 5.74) is 9.99. The summed E-state index contributed by atoms with van der Waals surface area (Å²) in [6, 6.07) is 11.2. The first-order chi connectivity index (χ1) is 12.0. The fourth-order valence-electron chi connectivity index (χ4n) is 3.90. The number of aliphatic imine (C=N–C) groups is 1. The molecule has 3 nitrogen and oxygen atoms in total. The summed E-state index contributed by atoms with van der Waals surface area (Å²) < 4.78 is 0. The second kappa shape index (κ2) is 5.76. The lowest BCUT2D eigenvalue weighted by Gasteiger charge is -2.34. The number of rotatable bonds is 1. The van der Waals surface area contributed by atoms with E-state index < -0.39 is 0 Å². The molecule has 0 fully saturated rings. The van der Waals surface area contributed by atoms with Crippen LogP contribution in [0.4, 0.5) is 5.69 Å². The lowest BCUT2D eigenvalue weighted by atomic mass is 9.98. The Hall–Kier alpha value is -2.55. The summed E-state index contributed by atoms with van der Waals surface area (Å²) >= 11 is 0. The highest BCUT2D eigenvalue weighted by molar-refractivity contribution is 5.97. The van der Waals surface area contributed by atoms with E-state index >= 15 is 0 Å². The van der Waals surface area contributed by atoms with Crippen molar-refractivity contribution in [1.82, 2.24) is 9.80 Å². The number of benzene rings is 2. The van der Waals surface area contributed by atoms with Gasteiger partial charge in [-0.25, -0.2) is 4.99 Å². The third-order valence-electron chi connectivity index (χ3n) is 5.31. The molecule has 0 saturated heterocycles. The summed E-state index contributed by atoms with van der Waals surface area (Å²) in [6.45, 7) is 12.7. The fraction of sp³-hybridized carbons (Fsp3) is 0.318. The molecule has 0 saturated carbocycles. The van der Waals surface area contributed by atoms with Crippen LogP contribution in [-0.4, -0.2) is 22.8 Å². The molecule has 0 spiro atoms. The molecule has 0 N–H and O–H groups in total. The van der Waals surface area contributed by atoms with E-state index in [1.165, 1.54) is 27.8 Å². The number of hydrogen-bond acceptors (Lipinski definition) is 3. The molecule has 2 aromatic carbocycles. The second-order valence-electron chi connectivity index (χ2n) is 7.22. The first kappa shape index (κ1) is 15.9. The normalized spacial score (nSPS) is 16.0. The Bertz CT molecular complexity index is 908. The minimum atomic E-state index is 0.911. The fourth-order valence-corrected chi connectivity index (χ4v) is 3.90. The summed E-state index contributed by atoms with van der Waals surface area (Å²) in [5.74, 6) is 1.00. The Balaban J connectivity index is 1.77. The van der Waals surface area contributed by atoms with Crippen molar-refractivity contribution >= 4 is 17.3 Å². The maximum Gasteiger partial charge on any atom is 0.206 e. The Morgan fingerprint density at radius 2 is 1.80 bits per heavy atom. The maximum absolute atomic E-state index is 5.08. The third-order valence-corrected chi connectivity index (χ3v) is 5.31. The molecule has 4 rings (SSSR count). The molecule has 0 unspecified atom stereocenters. The number of guanidine groups is 1. The quantitative estimate of drug-likeness (QED) is 0.748. The van der Waals surface area contributed by atoms with E-state index in [0.717, 1.165) is 42.4 Å². The monoisotopic (exact) mass is 331 g/mol. The minimum absolute atomic E-state index is 0.911. The lowest BCUT2D eigenvalue weighted by molar-refractivity contribution is 0.397. The van der Waals surface area contributed by atoms with Crippen LogP contribution < -0.4 is 0 Å². The minimum Gasteiger partial charge on any atom is -0.334 e. The van der Waals surface area contributed by atoms with Crippen molar-refractivity contribution in [3.8, 4) is 0 Å². The van der Waals surface area contributed by atoms with Crippen LogP contribution >= 0.6 is 0 Å². The molecule has 128 valence electrons. The van der Waals surface area contributed by atoms with Gasteiger partial charge in [-0.15, -0.1) is 0 Å². The third kappa shape index (κ3) is 2.55. The Morgan fingerprint density at radius 1 is 1.04 bits per heavy atom. The van der Waals surface area contributed by atoms with Crippen LogP contribution in [0.2, 0.25) is 0 Å². The standard InChI is InChI=1S/C22H25N3/c1-6-17-10-15(3)11-20-16(4)24(5)22(23-21(17)20)25-12-18-8-7-14(2)9-19(18)13-25/h7-11H,4,6,12-13H2,1-3,5H3. The van der Waals surface area contributed by atoms with Gasteiger partial charge in [-0.1, -0.05) is 48.9 Å². The van der Waals surface area contributed by atoms with Crippen molar-refractivity contribution in [2.45, 2.75) is 40.3 Å². The summed E-state index contributed by atoms with van der Waals surface area (Å²) in [6.07, 6.45) is 0.983. The van der Waals surface area contributed by atoms with Gasteiger partial charge in [0, 0.05) is 31.4 Å². The largest absolute Gasteiger partial charge is 0.334 e. The molecule has 2 heterocycles. The van der Waals surface area contributed by atoms with E-state index in [-0.39, 0.29) is 0 Å². The van der Waals surface area contributed by atoms with Crippen LogP contribution in [-0.2, 0) is 19.5 Å². The van der Waals surface area contributed by atoms with Crippen molar-refractivity contribution in [1.29, 1.82) is 0 Å². The zero-order valence-electron chi connectivity index (χ0n) is 15.6. The second-order valence-corrected chi connectivity index (χ2v) is 7.22. The number of nitrogens with zero attached hydrogens (tertiary/aromatic N) is 3. The molecule has 0 aliphatic carbocycles. The SMILES string of the molecule is C=C1c2cc(C)cc(CC)c2N=C(N2Cc3ccc(C)cc3C2)N1C. The average Bonchev–Trinajstić information content (AvgIpc) is 3.00. The molecule has 2 aliphatic rings. The topological polar surface area (TPSA) is 18.8 Å². The van der Waals surface area contributed by atoms with Crippen molar-refractivity contribution in [2.75, 3.05) is 7.05 Å². The number of hydrogen-bond donors (Lipinski definition) is 0. The smallest absolute Gasteiger partial charge is 0.206 e. The molecule has 0 bridgehead atoms. The van der Waals surface area contributed by atoms with Gasteiger partial charge >= 0.3 is 0 Å². The molecule has 0 amide bonds. The van der Waals surface area contributed by atoms with Gasteiger partial charge in [-0.3, -0.25) is 0 Å². The van der Waals surface area contributed by atoms with Gasteiger partial charge in [-0.05, 0) is 43.0 Å². The summed E-state index contributed by atoms with van der Waals surface area (Å²) in [7, 11) is 2.08. The first-order valence-electron chi connectivity index (χ1n) is 8.96. The van der Waals surface area contributed by atoms with Crippen molar-refractivity contribution < 1.29 is 0 Å². The Morgan fingerprint density at radius 3 is 2.56 bits per heavy atom. The molecule has 25 heavy (non-hydrogen) atoms. The molecule has 2 aromatic rings. The first-order valence-corrected chi connectivity index (χ1v) is 8.96. The van der Waals surface area contributed by atoms with E-state index in [1.54, 1.807) is 0 Å². The Kier molecular flexibility index (Phi) is 3.68. The average molecular weight is 331 g/mol. The van der Waals surface area contributed by atoms with E-state index in [0.29, 0.717) is 0 Å². The molecule has 0 aromatic heterocycles. The van der Waals surface area contributed by atoms with Crippen LogP contribution in [0.25, 0.3) is 5.70 Å². The lowest BCUT2D eigenvalue weighted by Crippen LogP contribution is -2.40. The van der Waals surface area contributed by atoms with Crippen molar-refractivity contribution in [3.05, 3.63) is 70.3 Å². The summed E-state index contributed by atoms with van der Waals surface area (Å²) in [5, 5.41) is 0. The maximum atomic E-state index is 5.08. The van der Waals surface area contributed by atoms with Crippen LogP contribution in [0, 0.1) is 13.8 Å². The summed E-state index contributed by atoms with van der Waals surface area (Å²) in [4.78, 5) is 9.58. The van der Waals surface area contributed by atoms with Crippen LogP contribution in [0.3, 0.4) is 0 Å². The van der Waals surface area contributed by atoms with Gasteiger partial charge in [0.05, 0.1) is 5.69 Å². The van der Waals surface area contributed by atoms with Crippen LogP contribution in [0.5, 0.6) is 0 Å². The van der Waals surface area contributed by atoms with Crippen molar-refractivity contribution in [2.24, 2.45) is 4.99 Å². The zero-order chi connectivity index (χ0) is 17.7. The van der Waals surface area contributed by atoms with Gasteiger partial charge in [0.15, 0.2) is 0 Å². The molecule has 2 aliphatic heterocycles. The van der Waals surface area contributed by atoms with E-state index in [4.69, 9.17) is 4.99 Å². The van der Waals surface area contributed by atoms with Gasteiger partial charge in [-0.2, -0.15) is 0 Å². The molecule has 0 radical (unpaired) electrons. The van der Waals surface area contributed by atoms with Crippen LogP contribution in [0.1, 0.15) is 40.3 Å². The van der Waals surface area contributed by atoms with Crippen LogP contribution in [0.15, 0.2) is 41.9 Å². The zero-order valence-corrected chi connectivity index (χ0v) is 15.6. The van der Waals surface area contributed by atoms with Gasteiger partial charge < -0.3 is 9.80 Å². The van der Waals surface area contributed by atoms with E-state index in [9.17, 15) is 0 Å². The van der Waals surface area contributed by atoms with Gasteiger partial charge in [0.25, 0.3) is 0 Å². The van der Waals surface area contributed by atoms with E-state index in [2.05, 4.69) is 74.5 Å². The Labute approximate surface area is 150 Å². The predicted octanol–water partition coefficient (Wildman–Crippen LogP) is 4.79. The molecule has 3 heteroatoms. The highest BCUT2D eigenvalue weighted by Crippen LogP contribution is 2.38. The highest BCUT2D eigenvalue weighted by atomic mass is 15.4. The molecule has 0 atom stereocenters. The van der Waals surface area contributed by atoms with Gasteiger partial charge in [0.1, 0.15) is 0 Å². The highest BCUT2D eigenvalue weighted by Gasteiger charge is 2.30. The number of aryl methyl sites for hydroxylation is 3. The molecular formula is C22H25N3. The van der Waals surface area contributed by atoms with Crippen molar-refractivity contribution in [3.63, 3.8) is 0 Å². The van der Waals surface area contributed by atoms with E-state index in [1.807, 2.05) is 0 Å². The predicted molar refractivity (Wildman–Crippen MR) is 105 cm³/mol. The van der Waals surface area contributed by atoms with Gasteiger partial charge in [0.2, 0.25) is 5.96 Å². The number of fused-ring (bicyclic) bond motifs is 2. The molecular weight excluding hydrogens is 306 g/mol.